The molecule has 2 atom stereocenters. The lowest BCUT2D eigenvalue weighted by atomic mass is 10.0. The average Bonchev–Trinajstić information content (AvgIpc) is 1.64. The summed E-state index contributed by atoms with van der Waals surface area (Å²) in [6, 6.07) is 0. The number of rotatable bonds is 78. The molecular formula is C89H156NO8P. The first-order valence-corrected chi connectivity index (χ1v) is 43.2. The molecule has 0 fully saturated rings. The summed E-state index contributed by atoms with van der Waals surface area (Å²) in [5.74, 6) is -0.819. The third-order valence-electron chi connectivity index (χ3n) is 18.0. The van der Waals surface area contributed by atoms with Crippen molar-refractivity contribution in [2.75, 3.05) is 26.4 Å². The predicted molar refractivity (Wildman–Crippen MR) is 431 cm³/mol. The van der Waals surface area contributed by atoms with E-state index in [1.807, 2.05) is 0 Å². The van der Waals surface area contributed by atoms with Crippen LogP contribution in [0, 0.1) is 0 Å². The average molecular weight is 1400 g/mol. The van der Waals surface area contributed by atoms with Gasteiger partial charge in [0.25, 0.3) is 0 Å². The highest BCUT2D eigenvalue weighted by Gasteiger charge is 2.26. The number of hydrogen-bond acceptors (Lipinski definition) is 8. The first-order valence-electron chi connectivity index (χ1n) is 41.7. The number of esters is 2. The summed E-state index contributed by atoms with van der Waals surface area (Å²) < 4.78 is 33.3. The number of ether oxygens (including phenoxy) is 2. The molecule has 0 heterocycles. The second-order valence-electron chi connectivity index (χ2n) is 27.6. The number of unbranched alkanes of at least 4 members (excludes halogenated alkanes) is 43. The van der Waals surface area contributed by atoms with Crippen molar-refractivity contribution in [1.29, 1.82) is 0 Å². The van der Waals surface area contributed by atoms with Gasteiger partial charge in [0.15, 0.2) is 6.10 Å². The summed E-state index contributed by atoms with van der Waals surface area (Å²) in [5.41, 5.74) is 5.42. The molecule has 0 aliphatic heterocycles. The number of carbonyl (C=O) groups excluding carboxylic acids is 2. The Balaban J connectivity index is 3.80. The Morgan fingerprint density at radius 2 is 0.556 bits per heavy atom. The van der Waals surface area contributed by atoms with Crippen LogP contribution in [-0.4, -0.2) is 49.3 Å². The largest absolute Gasteiger partial charge is 0.472 e. The molecule has 0 aromatic carbocycles. The minimum absolute atomic E-state index is 0.0500. The third-order valence-corrected chi connectivity index (χ3v) is 19.0. The normalized spacial score (nSPS) is 13.5. The van der Waals surface area contributed by atoms with E-state index in [9.17, 15) is 19.0 Å². The lowest BCUT2D eigenvalue weighted by Gasteiger charge is -2.19. The molecule has 2 unspecified atom stereocenters. The fourth-order valence-electron chi connectivity index (χ4n) is 11.9. The Hall–Kier alpha value is -3.85. The maximum absolute atomic E-state index is 12.8. The van der Waals surface area contributed by atoms with Crippen LogP contribution in [-0.2, 0) is 32.7 Å². The molecule has 0 aromatic heterocycles. The van der Waals surface area contributed by atoms with Crippen LogP contribution in [0.1, 0.15) is 386 Å². The number of hydrogen-bond donors (Lipinski definition) is 2. The second kappa shape index (κ2) is 83.1. The molecule has 0 bridgehead atoms. The molecule has 570 valence electrons. The number of phosphoric acid groups is 1. The van der Waals surface area contributed by atoms with Crippen molar-refractivity contribution in [1.82, 2.24) is 0 Å². The van der Waals surface area contributed by atoms with Gasteiger partial charge >= 0.3 is 19.8 Å². The van der Waals surface area contributed by atoms with E-state index in [-0.39, 0.29) is 38.6 Å². The predicted octanol–water partition coefficient (Wildman–Crippen LogP) is 28.3. The molecular weight excluding hydrogens is 1240 g/mol. The zero-order valence-electron chi connectivity index (χ0n) is 64.4. The molecule has 0 saturated carbocycles. The number of phosphoric ester groups is 1. The van der Waals surface area contributed by atoms with Gasteiger partial charge in [-0.05, 0) is 116 Å². The molecule has 10 heteroatoms. The smallest absolute Gasteiger partial charge is 0.462 e. The number of nitrogens with two attached hydrogens (primary N) is 1. The fourth-order valence-corrected chi connectivity index (χ4v) is 12.7. The summed E-state index contributed by atoms with van der Waals surface area (Å²) in [5, 5.41) is 0. The first kappa shape index (κ1) is 95.2. The van der Waals surface area contributed by atoms with Crippen LogP contribution >= 0.6 is 7.82 Å². The Morgan fingerprint density at radius 3 is 0.828 bits per heavy atom. The molecule has 0 radical (unpaired) electrons. The minimum atomic E-state index is -4.40. The van der Waals surface area contributed by atoms with Gasteiger partial charge in [0.1, 0.15) is 6.61 Å². The van der Waals surface area contributed by atoms with Gasteiger partial charge in [0.2, 0.25) is 0 Å². The summed E-state index contributed by atoms with van der Waals surface area (Å²) >= 11 is 0. The van der Waals surface area contributed by atoms with Crippen LogP contribution in [0.2, 0.25) is 0 Å². The van der Waals surface area contributed by atoms with Gasteiger partial charge in [-0.1, -0.05) is 392 Å². The van der Waals surface area contributed by atoms with E-state index in [0.29, 0.717) is 6.42 Å². The molecule has 0 saturated heterocycles. The van der Waals surface area contributed by atoms with E-state index in [1.165, 1.54) is 250 Å². The molecule has 0 amide bonds. The van der Waals surface area contributed by atoms with Gasteiger partial charge in [-0.15, -0.1) is 0 Å². The fraction of sp³-hybridized carbons (Fsp3) is 0.730. The third kappa shape index (κ3) is 83.0. The molecule has 0 aliphatic carbocycles. The molecule has 9 nitrogen and oxygen atoms in total. The molecule has 0 spiro atoms. The molecule has 0 rings (SSSR count). The zero-order chi connectivity index (χ0) is 71.5. The topological polar surface area (TPSA) is 134 Å². The maximum atomic E-state index is 12.8. The molecule has 99 heavy (non-hydrogen) atoms. The van der Waals surface area contributed by atoms with Gasteiger partial charge < -0.3 is 20.1 Å². The Bertz CT molecular complexity index is 2100. The van der Waals surface area contributed by atoms with E-state index in [2.05, 4.69) is 148 Å². The summed E-state index contributed by atoms with van der Waals surface area (Å²) in [7, 11) is -4.40. The first-order chi connectivity index (χ1) is 48.8. The summed E-state index contributed by atoms with van der Waals surface area (Å²) in [6.45, 7) is 3.66. The highest BCUT2D eigenvalue weighted by atomic mass is 31.2. The van der Waals surface area contributed by atoms with Gasteiger partial charge in [-0.2, -0.15) is 0 Å². The highest BCUT2D eigenvalue weighted by molar-refractivity contribution is 7.47. The van der Waals surface area contributed by atoms with Gasteiger partial charge in [0.05, 0.1) is 13.2 Å². The van der Waals surface area contributed by atoms with Crippen LogP contribution in [0.3, 0.4) is 0 Å². The number of allylic oxidation sites excluding steroid dienone is 22. The lowest BCUT2D eigenvalue weighted by molar-refractivity contribution is -0.161. The monoisotopic (exact) mass is 1400 g/mol. The molecule has 0 aromatic rings. The molecule has 3 N–H and O–H groups in total. The van der Waals surface area contributed by atoms with Crippen molar-refractivity contribution < 1.29 is 37.6 Å². The van der Waals surface area contributed by atoms with E-state index < -0.39 is 26.5 Å². The maximum Gasteiger partial charge on any atom is 0.472 e. The minimum Gasteiger partial charge on any atom is -0.462 e. The quantitative estimate of drug-likeness (QED) is 0.0264. The Labute approximate surface area is 612 Å². The van der Waals surface area contributed by atoms with E-state index in [1.54, 1.807) is 0 Å². The summed E-state index contributed by atoms with van der Waals surface area (Å²) in [6.07, 6.45) is 119. The van der Waals surface area contributed by atoms with Crippen LogP contribution in [0.4, 0.5) is 0 Å². The van der Waals surface area contributed by atoms with E-state index >= 15 is 0 Å². The van der Waals surface area contributed by atoms with Gasteiger partial charge in [-0.3, -0.25) is 18.6 Å². The number of carbonyl (C=O) groups is 2. The van der Waals surface area contributed by atoms with E-state index in [4.69, 9.17) is 24.3 Å². The summed E-state index contributed by atoms with van der Waals surface area (Å²) in [4.78, 5) is 35.5. The zero-order valence-corrected chi connectivity index (χ0v) is 65.3. The van der Waals surface area contributed by atoms with Crippen LogP contribution in [0.15, 0.2) is 134 Å². The van der Waals surface area contributed by atoms with Crippen molar-refractivity contribution in [2.45, 2.75) is 392 Å². The van der Waals surface area contributed by atoms with Gasteiger partial charge in [0, 0.05) is 19.4 Å². The van der Waals surface area contributed by atoms with Crippen molar-refractivity contribution in [2.24, 2.45) is 5.73 Å². The van der Waals surface area contributed by atoms with E-state index in [0.717, 1.165) is 103 Å². The SMILES string of the molecule is CC/C=C\C/C=C\C/C=C\C/C=C\C/C=C\C/C=C\C/C=C\C/C=C\CCCCCCCCCCCCCCC(=O)OC(COC(=O)CCCCCCCCCCCCCCCCCCCCCCCCCCCC/C=C\C/C=C\C/C=C\CCCCCCC)COP(=O)(O)OCCN. The Morgan fingerprint density at radius 1 is 0.313 bits per heavy atom. The van der Waals surface area contributed by atoms with Crippen molar-refractivity contribution in [3.63, 3.8) is 0 Å². The second-order valence-corrected chi connectivity index (χ2v) is 29.1. The highest BCUT2D eigenvalue weighted by Crippen LogP contribution is 2.43. The molecule has 0 aliphatic rings. The van der Waals surface area contributed by atoms with Crippen molar-refractivity contribution in [3.05, 3.63) is 134 Å². The van der Waals surface area contributed by atoms with Crippen molar-refractivity contribution in [3.8, 4) is 0 Å². The van der Waals surface area contributed by atoms with Crippen LogP contribution < -0.4 is 5.73 Å². The Kier molecular flexibility index (Phi) is 79.9. The van der Waals surface area contributed by atoms with Crippen LogP contribution in [0.25, 0.3) is 0 Å². The van der Waals surface area contributed by atoms with Gasteiger partial charge in [-0.25, -0.2) is 4.57 Å². The lowest BCUT2D eigenvalue weighted by Crippen LogP contribution is -2.29. The van der Waals surface area contributed by atoms with Crippen molar-refractivity contribution >= 4 is 19.8 Å². The van der Waals surface area contributed by atoms with Crippen LogP contribution in [0.5, 0.6) is 0 Å². The standard InChI is InChI=1S/C89H156NO8P/c1-3-5-7-9-11-13-15-17-19-21-23-25-27-29-31-33-35-37-39-41-42-43-44-46-47-49-51-53-55-57-59-61-63-65-67-69-71-73-75-77-79-81-88(91)95-85-87(86-97-99(93,94)96-84-83-90)98-89(92)82-80-78-76-74-72-70-68-66-64-62-60-58-56-54-52-50-48-45-40-38-36-34-32-30-28-26-24-22-20-18-16-14-12-10-8-6-4-2/h6,8,12,14-15,17-18,20-21,23-24,26-27,29-30,32,36,38,45,48,52,54,87H,3-5,7,9-11,13,16,19,22,25,28,31,33-35,37,39-44,46-47,49-51,53,55-86,90H2,1-2H3,(H,93,94)/b8-6-,14-12-,17-15-,20-18-,23-21-,26-24-,29-27-,32-30-,38-36-,48-45-,54-52-.